The third-order valence-corrected chi connectivity index (χ3v) is 2.40. The third-order valence-electron chi connectivity index (χ3n) is 2.40. The number of allylic oxidation sites excluding steroid dienone is 3. The molecular formula is C11H16O. The first-order chi connectivity index (χ1) is 5.84. The van der Waals surface area contributed by atoms with Crippen LogP contribution in [0.25, 0.3) is 0 Å². The van der Waals surface area contributed by atoms with E-state index in [1.165, 1.54) is 19.3 Å². The molecule has 1 aliphatic rings. The Hall–Kier alpha value is -0.850. The van der Waals surface area contributed by atoms with Crippen LogP contribution >= 0.6 is 0 Å². The summed E-state index contributed by atoms with van der Waals surface area (Å²) in [7, 11) is 0. The minimum atomic E-state index is 0.287. The maximum Gasteiger partial charge on any atom is 0.158 e. The number of carbonyl (C=O) groups is 1. The first kappa shape index (κ1) is 9.24. The van der Waals surface area contributed by atoms with Crippen molar-refractivity contribution in [2.45, 2.75) is 32.1 Å². The van der Waals surface area contributed by atoms with Crippen LogP contribution in [0.5, 0.6) is 0 Å². The van der Waals surface area contributed by atoms with Crippen molar-refractivity contribution in [3.05, 3.63) is 24.8 Å². The molecule has 0 aromatic carbocycles. The van der Waals surface area contributed by atoms with Crippen molar-refractivity contribution in [2.24, 2.45) is 5.92 Å². The Balaban J connectivity index is 2.39. The first-order valence-electron chi connectivity index (χ1n) is 4.67. The van der Waals surface area contributed by atoms with E-state index in [9.17, 15) is 4.79 Å². The lowest BCUT2D eigenvalue weighted by atomic mass is 9.86. The van der Waals surface area contributed by atoms with Crippen molar-refractivity contribution in [2.75, 3.05) is 0 Å². The highest BCUT2D eigenvalue weighted by Gasteiger charge is 2.18. The van der Waals surface area contributed by atoms with Gasteiger partial charge in [-0.05, 0) is 18.9 Å². The maximum atomic E-state index is 11.4. The molecular weight excluding hydrogens is 148 g/mol. The lowest BCUT2D eigenvalue weighted by molar-refractivity contribution is -0.119. The first-order valence-corrected chi connectivity index (χ1v) is 4.67. The molecule has 0 atom stereocenters. The summed E-state index contributed by atoms with van der Waals surface area (Å²) in [6, 6.07) is 0. The number of hydrogen-bond donors (Lipinski definition) is 0. The zero-order chi connectivity index (χ0) is 8.81. The lowest BCUT2D eigenvalue weighted by Crippen LogP contribution is -2.15. The largest absolute Gasteiger partial charge is 0.295 e. The van der Waals surface area contributed by atoms with E-state index in [0.717, 1.165) is 12.8 Å². The monoisotopic (exact) mass is 164 g/mol. The van der Waals surface area contributed by atoms with Crippen LogP contribution in [0.3, 0.4) is 0 Å². The number of carbonyl (C=O) groups excluding carboxylic acids is 1. The quantitative estimate of drug-likeness (QED) is 0.463. The van der Waals surface area contributed by atoms with Crippen molar-refractivity contribution in [1.29, 1.82) is 0 Å². The van der Waals surface area contributed by atoms with E-state index in [1.807, 2.05) is 0 Å². The highest BCUT2D eigenvalue weighted by molar-refractivity contribution is 5.91. The van der Waals surface area contributed by atoms with Crippen LogP contribution in [0, 0.1) is 5.92 Å². The van der Waals surface area contributed by atoms with E-state index in [0.29, 0.717) is 5.92 Å². The second kappa shape index (κ2) is 4.91. The summed E-state index contributed by atoms with van der Waals surface area (Å²) >= 11 is 0. The Bertz CT molecular complexity index is 185. The van der Waals surface area contributed by atoms with E-state index in [2.05, 4.69) is 6.58 Å². The molecule has 12 heavy (non-hydrogen) atoms. The molecule has 66 valence electrons. The second-order valence-corrected chi connectivity index (χ2v) is 3.33. The van der Waals surface area contributed by atoms with Crippen LogP contribution < -0.4 is 0 Å². The summed E-state index contributed by atoms with van der Waals surface area (Å²) in [6.07, 6.45) is 11.0. The van der Waals surface area contributed by atoms with Crippen LogP contribution in [-0.2, 0) is 4.79 Å². The van der Waals surface area contributed by atoms with Crippen LogP contribution in [-0.4, -0.2) is 5.78 Å². The van der Waals surface area contributed by atoms with Crippen molar-refractivity contribution in [3.63, 3.8) is 0 Å². The SMILES string of the molecule is C=C/C=C\C(=O)C1CCCCC1. The van der Waals surface area contributed by atoms with Crippen molar-refractivity contribution in [1.82, 2.24) is 0 Å². The fraction of sp³-hybridized carbons (Fsp3) is 0.545. The molecule has 0 heterocycles. The molecule has 1 heteroatoms. The number of hydrogen-bond acceptors (Lipinski definition) is 1. The average Bonchev–Trinajstić information content (AvgIpc) is 2.15. The second-order valence-electron chi connectivity index (χ2n) is 3.33. The summed E-state index contributed by atoms with van der Waals surface area (Å²) in [5, 5.41) is 0. The lowest BCUT2D eigenvalue weighted by Gasteiger charge is -2.18. The highest BCUT2D eigenvalue weighted by Crippen LogP contribution is 2.24. The molecule has 0 bridgehead atoms. The summed E-state index contributed by atoms with van der Waals surface area (Å²) in [4.78, 5) is 11.4. The fourth-order valence-electron chi connectivity index (χ4n) is 1.69. The molecule has 1 aliphatic carbocycles. The molecule has 0 N–H and O–H groups in total. The average molecular weight is 164 g/mol. The van der Waals surface area contributed by atoms with Crippen molar-refractivity contribution < 1.29 is 4.79 Å². The van der Waals surface area contributed by atoms with Gasteiger partial charge >= 0.3 is 0 Å². The summed E-state index contributed by atoms with van der Waals surface area (Å²) in [5.74, 6) is 0.588. The van der Waals surface area contributed by atoms with Gasteiger partial charge < -0.3 is 0 Å². The number of rotatable bonds is 3. The van der Waals surface area contributed by atoms with Gasteiger partial charge in [0.15, 0.2) is 5.78 Å². The van der Waals surface area contributed by atoms with E-state index in [1.54, 1.807) is 18.2 Å². The maximum absolute atomic E-state index is 11.4. The molecule has 0 aliphatic heterocycles. The van der Waals surface area contributed by atoms with Gasteiger partial charge in [-0.15, -0.1) is 0 Å². The Morgan fingerprint density at radius 1 is 1.25 bits per heavy atom. The zero-order valence-electron chi connectivity index (χ0n) is 7.46. The molecule has 0 radical (unpaired) electrons. The minimum absolute atomic E-state index is 0.287. The Morgan fingerprint density at radius 2 is 1.92 bits per heavy atom. The van der Waals surface area contributed by atoms with Gasteiger partial charge in [-0.2, -0.15) is 0 Å². The molecule has 0 amide bonds. The van der Waals surface area contributed by atoms with E-state index >= 15 is 0 Å². The van der Waals surface area contributed by atoms with Gasteiger partial charge in [0.2, 0.25) is 0 Å². The molecule has 0 unspecified atom stereocenters. The standard InChI is InChI=1S/C11H16O/c1-2-3-9-11(12)10-7-5-4-6-8-10/h2-3,9-10H,1,4-8H2/b9-3-. The zero-order valence-corrected chi connectivity index (χ0v) is 7.46. The van der Waals surface area contributed by atoms with Gasteiger partial charge in [-0.25, -0.2) is 0 Å². The molecule has 1 fully saturated rings. The van der Waals surface area contributed by atoms with E-state index < -0.39 is 0 Å². The van der Waals surface area contributed by atoms with Gasteiger partial charge in [-0.1, -0.05) is 38.0 Å². The topological polar surface area (TPSA) is 17.1 Å². The summed E-state index contributed by atoms with van der Waals surface area (Å²) in [5.41, 5.74) is 0. The van der Waals surface area contributed by atoms with E-state index in [-0.39, 0.29) is 5.78 Å². The summed E-state index contributed by atoms with van der Waals surface area (Å²) in [6.45, 7) is 3.54. The molecule has 1 rings (SSSR count). The van der Waals surface area contributed by atoms with Gasteiger partial charge in [0.1, 0.15) is 0 Å². The fourth-order valence-corrected chi connectivity index (χ4v) is 1.69. The van der Waals surface area contributed by atoms with Gasteiger partial charge in [-0.3, -0.25) is 4.79 Å². The van der Waals surface area contributed by atoms with Crippen molar-refractivity contribution in [3.8, 4) is 0 Å². The van der Waals surface area contributed by atoms with Crippen LogP contribution in [0.15, 0.2) is 24.8 Å². The van der Waals surface area contributed by atoms with Gasteiger partial charge in [0.05, 0.1) is 0 Å². The Labute approximate surface area is 74.2 Å². The van der Waals surface area contributed by atoms with E-state index in [4.69, 9.17) is 0 Å². The smallest absolute Gasteiger partial charge is 0.158 e. The number of ketones is 1. The van der Waals surface area contributed by atoms with Crippen LogP contribution in [0.4, 0.5) is 0 Å². The molecule has 0 aromatic heterocycles. The highest BCUT2D eigenvalue weighted by atomic mass is 16.1. The van der Waals surface area contributed by atoms with Crippen molar-refractivity contribution >= 4 is 5.78 Å². The summed E-state index contributed by atoms with van der Waals surface area (Å²) < 4.78 is 0. The predicted molar refractivity (Wildman–Crippen MR) is 50.9 cm³/mol. The normalized spacial score (nSPS) is 19.7. The van der Waals surface area contributed by atoms with Gasteiger partial charge in [0, 0.05) is 5.92 Å². The molecule has 1 saturated carbocycles. The minimum Gasteiger partial charge on any atom is -0.295 e. The van der Waals surface area contributed by atoms with Crippen LogP contribution in [0.1, 0.15) is 32.1 Å². The van der Waals surface area contributed by atoms with Crippen LogP contribution in [0.2, 0.25) is 0 Å². The van der Waals surface area contributed by atoms with Gasteiger partial charge in [0.25, 0.3) is 0 Å². The molecule has 1 nitrogen and oxygen atoms in total. The predicted octanol–water partition coefficient (Wildman–Crippen LogP) is 2.88. The molecule has 0 saturated heterocycles. The third kappa shape index (κ3) is 2.65. The Morgan fingerprint density at radius 3 is 2.50 bits per heavy atom. The molecule has 0 aromatic rings. The molecule has 0 spiro atoms. The Kier molecular flexibility index (Phi) is 3.78.